The molecular weight excluding hydrogens is 364 g/mol. The van der Waals surface area contributed by atoms with Gasteiger partial charge >= 0.3 is 0 Å². The lowest BCUT2D eigenvalue weighted by Gasteiger charge is -2.03. The Morgan fingerprint density at radius 3 is 2.72 bits per heavy atom. The lowest BCUT2D eigenvalue weighted by atomic mass is 10.1. The van der Waals surface area contributed by atoms with E-state index in [1.54, 1.807) is 12.1 Å². The van der Waals surface area contributed by atoms with Crippen LogP contribution in [-0.4, -0.2) is 15.6 Å². The molecule has 18 heavy (non-hydrogen) atoms. The van der Waals surface area contributed by atoms with Crippen LogP contribution in [0.25, 0.3) is 0 Å². The molecule has 0 saturated carbocycles. The molecule has 0 atom stereocenters. The van der Waals surface area contributed by atoms with Crippen molar-refractivity contribution in [3.8, 4) is 0 Å². The zero-order chi connectivity index (χ0) is 13.3. The van der Waals surface area contributed by atoms with Gasteiger partial charge < -0.3 is 4.42 Å². The fourth-order valence-corrected chi connectivity index (χ4v) is 2.47. The van der Waals surface area contributed by atoms with Crippen LogP contribution < -0.4 is 0 Å². The molecule has 0 aliphatic carbocycles. The topological polar surface area (TPSA) is 48.0 Å². The van der Waals surface area contributed by atoms with Crippen molar-refractivity contribution in [2.45, 2.75) is 26.8 Å². The highest BCUT2D eigenvalue weighted by molar-refractivity contribution is 9.10. The van der Waals surface area contributed by atoms with Gasteiger partial charge in [-0.2, -0.15) is 5.10 Å². The average molecular weight is 376 g/mol. The highest BCUT2D eigenvalue weighted by Gasteiger charge is 2.18. The van der Waals surface area contributed by atoms with Crippen molar-refractivity contribution in [3.05, 3.63) is 38.4 Å². The van der Waals surface area contributed by atoms with Crippen LogP contribution in [0.15, 0.2) is 25.7 Å². The predicted octanol–water partition coefficient (Wildman–Crippen LogP) is 3.75. The summed E-state index contributed by atoms with van der Waals surface area (Å²) >= 11 is 6.66. The molecule has 96 valence electrons. The third kappa shape index (κ3) is 2.59. The summed E-state index contributed by atoms with van der Waals surface area (Å²) in [5.74, 6) is 0.297. The molecule has 0 unspecified atom stereocenters. The second-order valence-electron chi connectivity index (χ2n) is 3.87. The quantitative estimate of drug-likeness (QED) is 0.764. The molecule has 2 rings (SSSR count). The molecule has 0 saturated heterocycles. The van der Waals surface area contributed by atoms with E-state index in [9.17, 15) is 4.79 Å². The SMILES string of the molecule is CCn1nc(C)c(Br)c1CC(=O)c1ccc(Br)o1. The third-order valence-electron chi connectivity index (χ3n) is 2.63. The molecular formula is C12H12Br2N2O2. The molecule has 0 radical (unpaired) electrons. The number of aromatic nitrogens is 2. The maximum Gasteiger partial charge on any atom is 0.204 e. The van der Waals surface area contributed by atoms with Gasteiger partial charge in [0.2, 0.25) is 5.78 Å². The fourth-order valence-electron chi connectivity index (χ4n) is 1.74. The van der Waals surface area contributed by atoms with Crippen molar-refractivity contribution in [1.29, 1.82) is 0 Å². The van der Waals surface area contributed by atoms with E-state index in [0.717, 1.165) is 22.4 Å². The summed E-state index contributed by atoms with van der Waals surface area (Å²) in [6.07, 6.45) is 0.273. The van der Waals surface area contributed by atoms with Crippen LogP contribution in [0.3, 0.4) is 0 Å². The maximum atomic E-state index is 12.1. The number of hydrogen-bond acceptors (Lipinski definition) is 3. The Kier molecular flexibility index (Phi) is 4.07. The first-order chi connectivity index (χ1) is 8.52. The van der Waals surface area contributed by atoms with Crippen LogP contribution in [-0.2, 0) is 13.0 Å². The van der Waals surface area contributed by atoms with E-state index < -0.39 is 0 Å². The number of carbonyl (C=O) groups is 1. The van der Waals surface area contributed by atoms with Gasteiger partial charge in [0.05, 0.1) is 22.3 Å². The minimum atomic E-state index is -0.0593. The normalized spacial score (nSPS) is 10.9. The predicted molar refractivity (Wildman–Crippen MR) is 74.8 cm³/mol. The highest BCUT2D eigenvalue weighted by Crippen LogP contribution is 2.23. The number of nitrogens with zero attached hydrogens (tertiary/aromatic N) is 2. The zero-order valence-electron chi connectivity index (χ0n) is 10.0. The number of ketones is 1. The molecule has 4 nitrogen and oxygen atoms in total. The van der Waals surface area contributed by atoms with Crippen molar-refractivity contribution in [2.24, 2.45) is 0 Å². The highest BCUT2D eigenvalue weighted by atomic mass is 79.9. The monoisotopic (exact) mass is 374 g/mol. The summed E-state index contributed by atoms with van der Waals surface area (Å²) in [5, 5.41) is 4.36. The van der Waals surface area contributed by atoms with Crippen LogP contribution in [0.5, 0.6) is 0 Å². The Morgan fingerprint density at radius 2 is 2.17 bits per heavy atom. The summed E-state index contributed by atoms with van der Waals surface area (Å²) in [4.78, 5) is 12.1. The van der Waals surface area contributed by atoms with Gasteiger partial charge in [-0.05, 0) is 57.8 Å². The molecule has 0 spiro atoms. The second kappa shape index (κ2) is 5.40. The van der Waals surface area contributed by atoms with Gasteiger partial charge in [0, 0.05) is 6.54 Å². The summed E-state index contributed by atoms with van der Waals surface area (Å²) < 4.78 is 8.54. The molecule has 2 heterocycles. The standard InChI is InChI=1S/C12H12Br2N2O2/c1-3-16-8(12(14)7(2)15-16)6-9(17)10-4-5-11(13)18-10/h4-5H,3,6H2,1-2H3. The number of furan rings is 1. The molecule has 2 aromatic heterocycles. The molecule has 0 aliphatic heterocycles. The lowest BCUT2D eigenvalue weighted by Crippen LogP contribution is -2.09. The molecule has 0 aliphatic rings. The van der Waals surface area contributed by atoms with Gasteiger partial charge in [-0.1, -0.05) is 0 Å². The Labute approximate surface area is 122 Å². The van der Waals surface area contributed by atoms with Crippen LogP contribution in [0, 0.1) is 6.92 Å². The number of hydrogen-bond donors (Lipinski definition) is 0. The molecule has 0 bridgehead atoms. The van der Waals surface area contributed by atoms with Crippen molar-refractivity contribution in [3.63, 3.8) is 0 Å². The average Bonchev–Trinajstić information content (AvgIpc) is 2.88. The number of aryl methyl sites for hydroxylation is 2. The summed E-state index contributed by atoms with van der Waals surface area (Å²) in [6.45, 7) is 4.64. The lowest BCUT2D eigenvalue weighted by molar-refractivity contribution is 0.0962. The van der Waals surface area contributed by atoms with E-state index in [1.165, 1.54) is 0 Å². The molecule has 0 N–H and O–H groups in total. The molecule has 2 aromatic rings. The zero-order valence-corrected chi connectivity index (χ0v) is 13.2. The molecule has 0 fully saturated rings. The van der Waals surface area contributed by atoms with E-state index in [2.05, 4.69) is 37.0 Å². The minimum absolute atomic E-state index is 0.0593. The van der Waals surface area contributed by atoms with Crippen molar-refractivity contribution in [1.82, 2.24) is 9.78 Å². The number of Topliss-reactive ketones (excluding diaryl/α,β-unsaturated/α-hetero) is 1. The summed E-state index contributed by atoms with van der Waals surface area (Å²) in [7, 11) is 0. The Morgan fingerprint density at radius 1 is 1.44 bits per heavy atom. The fraction of sp³-hybridized carbons (Fsp3) is 0.333. The number of halogens is 2. The van der Waals surface area contributed by atoms with Crippen LogP contribution in [0.2, 0.25) is 0 Å². The number of carbonyl (C=O) groups excluding carboxylic acids is 1. The van der Waals surface area contributed by atoms with Crippen molar-refractivity contribution in [2.75, 3.05) is 0 Å². The first kappa shape index (κ1) is 13.5. The van der Waals surface area contributed by atoms with Gasteiger partial charge in [-0.25, -0.2) is 0 Å². The first-order valence-electron chi connectivity index (χ1n) is 5.53. The van der Waals surface area contributed by atoms with E-state index in [0.29, 0.717) is 10.4 Å². The van der Waals surface area contributed by atoms with Gasteiger partial charge in [-0.3, -0.25) is 9.48 Å². The Bertz CT molecular complexity index is 587. The van der Waals surface area contributed by atoms with Gasteiger partial charge in [0.25, 0.3) is 0 Å². The molecule has 0 amide bonds. The van der Waals surface area contributed by atoms with E-state index >= 15 is 0 Å². The molecule has 0 aromatic carbocycles. The van der Waals surface area contributed by atoms with E-state index in [4.69, 9.17) is 4.42 Å². The van der Waals surface area contributed by atoms with Crippen LogP contribution in [0.1, 0.15) is 28.9 Å². The van der Waals surface area contributed by atoms with Gasteiger partial charge in [0.1, 0.15) is 0 Å². The maximum absolute atomic E-state index is 12.1. The Balaban J connectivity index is 2.26. The Hall–Kier alpha value is -0.880. The third-order valence-corrected chi connectivity index (χ3v) is 4.09. The van der Waals surface area contributed by atoms with Crippen LogP contribution >= 0.6 is 31.9 Å². The van der Waals surface area contributed by atoms with Crippen molar-refractivity contribution < 1.29 is 9.21 Å². The largest absolute Gasteiger partial charge is 0.446 e. The molecule has 6 heteroatoms. The van der Waals surface area contributed by atoms with E-state index in [1.807, 2.05) is 18.5 Å². The smallest absolute Gasteiger partial charge is 0.204 e. The van der Waals surface area contributed by atoms with Gasteiger partial charge in [0.15, 0.2) is 10.4 Å². The second-order valence-corrected chi connectivity index (χ2v) is 5.44. The minimum Gasteiger partial charge on any atom is -0.446 e. The van der Waals surface area contributed by atoms with Crippen LogP contribution in [0.4, 0.5) is 0 Å². The van der Waals surface area contributed by atoms with E-state index in [-0.39, 0.29) is 12.2 Å². The first-order valence-corrected chi connectivity index (χ1v) is 7.11. The summed E-state index contributed by atoms with van der Waals surface area (Å²) in [6, 6.07) is 3.38. The van der Waals surface area contributed by atoms with Crippen molar-refractivity contribution >= 4 is 37.6 Å². The number of rotatable bonds is 4. The summed E-state index contributed by atoms with van der Waals surface area (Å²) in [5.41, 5.74) is 1.77. The van der Waals surface area contributed by atoms with Gasteiger partial charge in [-0.15, -0.1) is 0 Å².